The van der Waals surface area contributed by atoms with Crippen molar-refractivity contribution in [3.05, 3.63) is 28.7 Å². The van der Waals surface area contributed by atoms with E-state index in [0.29, 0.717) is 18.4 Å². The Kier molecular flexibility index (Phi) is 7.07. The van der Waals surface area contributed by atoms with Crippen molar-refractivity contribution in [1.82, 2.24) is 10.2 Å². The monoisotopic (exact) mass is 370 g/mol. The maximum absolute atomic E-state index is 12.2. The third-order valence-corrected chi connectivity index (χ3v) is 5.43. The highest BCUT2D eigenvalue weighted by Gasteiger charge is 2.21. The molecule has 0 radical (unpaired) electrons. The van der Waals surface area contributed by atoms with Crippen LogP contribution in [0.4, 0.5) is 0 Å². The van der Waals surface area contributed by atoms with Gasteiger partial charge in [-0.25, -0.2) is 0 Å². The number of amides is 1. The zero-order valence-corrected chi connectivity index (χ0v) is 14.9. The van der Waals surface area contributed by atoms with Gasteiger partial charge in [0.2, 0.25) is 5.91 Å². The summed E-state index contributed by atoms with van der Waals surface area (Å²) in [5.74, 6) is 1.31. The van der Waals surface area contributed by atoms with E-state index in [9.17, 15) is 4.79 Å². The van der Waals surface area contributed by atoms with Crippen molar-refractivity contribution in [3.8, 4) is 0 Å². The van der Waals surface area contributed by atoms with E-state index < -0.39 is 0 Å². The van der Waals surface area contributed by atoms with Gasteiger partial charge in [0.1, 0.15) is 0 Å². The van der Waals surface area contributed by atoms with E-state index in [-0.39, 0.29) is 0 Å². The minimum absolute atomic E-state index is 0.311. The number of carbonyl (C=O) groups excluding carboxylic acids is 1. The molecule has 0 bridgehead atoms. The molecule has 2 rings (SSSR count). The van der Waals surface area contributed by atoms with E-state index in [0.717, 1.165) is 36.2 Å². The van der Waals surface area contributed by atoms with Crippen LogP contribution in [0.5, 0.6) is 0 Å². The highest BCUT2D eigenvalue weighted by atomic mass is 79.9. The number of benzene rings is 1. The molecular formula is C16H23BrN2OS. The summed E-state index contributed by atoms with van der Waals surface area (Å²) >= 11 is 5.26. The summed E-state index contributed by atoms with van der Waals surface area (Å²) in [5, 5.41) is 3.28. The standard InChI is InChI=1S/C16H23BrN2OS/c1-18-14-4-2-10-19(12-14)16(20)5-3-11-21-15-8-6-13(17)7-9-15/h6-9,14,18H,2-5,10-12H2,1H3. The summed E-state index contributed by atoms with van der Waals surface area (Å²) in [5.41, 5.74) is 0. The minimum atomic E-state index is 0.311. The zero-order chi connectivity index (χ0) is 15.1. The fraction of sp³-hybridized carbons (Fsp3) is 0.562. The Morgan fingerprint density at radius 2 is 2.19 bits per heavy atom. The van der Waals surface area contributed by atoms with Crippen molar-refractivity contribution in [2.45, 2.75) is 36.6 Å². The van der Waals surface area contributed by atoms with Crippen molar-refractivity contribution >= 4 is 33.6 Å². The molecule has 1 saturated heterocycles. The Balaban J connectivity index is 1.66. The van der Waals surface area contributed by atoms with Crippen LogP contribution in [0.3, 0.4) is 0 Å². The first kappa shape index (κ1) is 16.8. The molecule has 1 N–H and O–H groups in total. The number of piperidine rings is 1. The molecule has 1 unspecified atom stereocenters. The van der Waals surface area contributed by atoms with Crippen LogP contribution >= 0.6 is 27.7 Å². The SMILES string of the molecule is CNC1CCCN(C(=O)CCCSc2ccc(Br)cc2)C1. The number of thioether (sulfide) groups is 1. The first-order valence-corrected chi connectivity index (χ1v) is 9.30. The van der Waals surface area contributed by atoms with Crippen LogP contribution < -0.4 is 5.32 Å². The largest absolute Gasteiger partial charge is 0.341 e. The molecule has 1 amide bonds. The second-order valence-corrected chi connectivity index (χ2v) is 7.46. The van der Waals surface area contributed by atoms with Crippen LogP contribution in [-0.4, -0.2) is 42.7 Å². The molecule has 116 valence electrons. The van der Waals surface area contributed by atoms with E-state index in [2.05, 4.69) is 45.5 Å². The molecule has 1 aromatic carbocycles. The van der Waals surface area contributed by atoms with Crippen LogP contribution in [0.1, 0.15) is 25.7 Å². The zero-order valence-electron chi connectivity index (χ0n) is 12.5. The molecule has 1 atom stereocenters. The second kappa shape index (κ2) is 8.81. The molecule has 1 aromatic rings. The fourth-order valence-corrected chi connectivity index (χ4v) is 3.66. The van der Waals surface area contributed by atoms with Crippen LogP contribution in [0.25, 0.3) is 0 Å². The summed E-state index contributed by atoms with van der Waals surface area (Å²) in [6, 6.07) is 8.80. The predicted octanol–water partition coefficient (Wildman–Crippen LogP) is 3.53. The van der Waals surface area contributed by atoms with Crippen LogP contribution in [-0.2, 0) is 4.79 Å². The molecule has 5 heteroatoms. The highest BCUT2D eigenvalue weighted by Crippen LogP contribution is 2.22. The minimum Gasteiger partial charge on any atom is -0.341 e. The van der Waals surface area contributed by atoms with Gasteiger partial charge in [-0.2, -0.15) is 0 Å². The van der Waals surface area contributed by atoms with E-state index in [1.807, 2.05) is 23.7 Å². The van der Waals surface area contributed by atoms with Crippen LogP contribution in [0, 0.1) is 0 Å². The average molecular weight is 371 g/mol. The van der Waals surface area contributed by atoms with Gasteiger partial charge in [-0.15, -0.1) is 11.8 Å². The average Bonchev–Trinajstić information content (AvgIpc) is 2.53. The topological polar surface area (TPSA) is 32.3 Å². The molecular weight excluding hydrogens is 348 g/mol. The summed E-state index contributed by atoms with van der Waals surface area (Å²) in [6.45, 7) is 1.80. The second-order valence-electron chi connectivity index (χ2n) is 5.37. The smallest absolute Gasteiger partial charge is 0.222 e. The molecule has 1 aliphatic heterocycles. The van der Waals surface area contributed by atoms with Gasteiger partial charge in [-0.05, 0) is 56.3 Å². The van der Waals surface area contributed by atoms with Crippen molar-refractivity contribution in [3.63, 3.8) is 0 Å². The lowest BCUT2D eigenvalue weighted by Crippen LogP contribution is -2.46. The van der Waals surface area contributed by atoms with Crippen molar-refractivity contribution in [2.24, 2.45) is 0 Å². The van der Waals surface area contributed by atoms with Gasteiger partial charge in [-0.3, -0.25) is 4.79 Å². The van der Waals surface area contributed by atoms with Gasteiger partial charge >= 0.3 is 0 Å². The third-order valence-electron chi connectivity index (χ3n) is 3.80. The lowest BCUT2D eigenvalue weighted by Gasteiger charge is -2.32. The Morgan fingerprint density at radius 1 is 1.43 bits per heavy atom. The Hall–Kier alpha value is -0.520. The molecule has 1 fully saturated rings. The number of hydrogen-bond acceptors (Lipinski definition) is 3. The Labute approximate surface area is 140 Å². The number of rotatable bonds is 6. The number of halogens is 1. The summed E-state index contributed by atoms with van der Waals surface area (Å²) in [7, 11) is 1.98. The van der Waals surface area contributed by atoms with E-state index in [1.54, 1.807) is 0 Å². The first-order chi connectivity index (χ1) is 10.2. The van der Waals surface area contributed by atoms with Crippen molar-refractivity contribution < 1.29 is 4.79 Å². The van der Waals surface area contributed by atoms with E-state index >= 15 is 0 Å². The van der Waals surface area contributed by atoms with Gasteiger partial charge in [0.15, 0.2) is 0 Å². The molecule has 1 heterocycles. The maximum atomic E-state index is 12.2. The predicted molar refractivity (Wildman–Crippen MR) is 92.8 cm³/mol. The van der Waals surface area contributed by atoms with Gasteiger partial charge in [0.05, 0.1) is 0 Å². The van der Waals surface area contributed by atoms with Crippen molar-refractivity contribution in [2.75, 3.05) is 25.9 Å². The normalized spacial score (nSPS) is 18.8. The summed E-state index contributed by atoms with van der Waals surface area (Å²) in [6.07, 6.45) is 3.91. The van der Waals surface area contributed by atoms with E-state index in [4.69, 9.17) is 0 Å². The van der Waals surface area contributed by atoms with Crippen LogP contribution in [0.15, 0.2) is 33.6 Å². The number of nitrogens with one attached hydrogen (secondary N) is 1. The van der Waals surface area contributed by atoms with Gasteiger partial charge in [0.25, 0.3) is 0 Å². The highest BCUT2D eigenvalue weighted by molar-refractivity contribution is 9.10. The molecule has 0 aromatic heterocycles. The van der Waals surface area contributed by atoms with Gasteiger partial charge in [-0.1, -0.05) is 15.9 Å². The summed E-state index contributed by atoms with van der Waals surface area (Å²) in [4.78, 5) is 15.5. The Bertz CT molecular complexity index is 452. The number of likely N-dealkylation sites (N-methyl/N-ethyl adjacent to an activating group) is 1. The number of nitrogens with zero attached hydrogens (tertiary/aromatic N) is 1. The van der Waals surface area contributed by atoms with Gasteiger partial charge in [0, 0.05) is 34.9 Å². The van der Waals surface area contributed by atoms with Crippen molar-refractivity contribution in [1.29, 1.82) is 0 Å². The molecule has 3 nitrogen and oxygen atoms in total. The third kappa shape index (κ3) is 5.64. The summed E-state index contributed by atoms with van der Waals surface area (Å²) < 4.78 is 1.10. The molecule has 0 saturated carbocycles. The lowest BCUT2D eigenvalue weighted by atomic mass is 10.1. The van der Waals surface area contributed by atoms with Crippen LogP contribution in [0.2, 0.25) is 0 Å². The molecule has 0 spiro atoms. The number of likely N-dealkylation sites (tertiary alicyclic amines) is 1. The Morgan fingerprint density at radius 3 is 2.90 bits per heavy atom. The van der Waals surface area contributed by atoms with Gasteiger partial charge < -0.3 is 10.2 Å². The quantitative estimate of drug-likeness (QED) is 0.613. The molecule has 1 aliphatic rings. The first-order valence-electron chi connectivity index (χ1n) is 7.52. The number of hydrogen-bond donors (Lipinski definition) is 1. The fourth-order valence-electron chi connectivity index (χ4n) is 2.54. The molecule has 0 aliphatic carbocycles. The molecule has 21 heavy (non-hydrogen) atoms. The lowest BCUT2D eigenvalue weighted by molar-refractivity contribution is -0.132. The number of carbonyl (C=O) groups is 1. The maximum Gasteiger partial charge on any atom is 0.222 e. The van der Waals surface area contributed by atoms with E-state index in [1.165, 1.54) is 11.3 Å².